The molecule has 1 amide bonds. The number of aromatic nitrogens is 4. The molecule has 7 heteroatoms. The molecule has 122 valence electrons. The summed E-state index contributed by atoms with van der Waals surface area (Å²) in [7, 11) is 1.53. The highest BCUT2D eigenvalue weighted by Crippen LogP contribution is 2.25. The van der Waals surface area contributed by atoms with Crippen molar-refractivity contribution in [3.63, 3.8) is 0 Å². The first-order chi connectivity index (χ1) is 11.1. The summed E-state index contributed by atoms with van der Waals surface area (Å²) in [5.74, 6) is 1.97. The Morgan fingerprint density at radius 3 is 2.91 bits per heavy atom. The minimum absolute atomic E-state index is 0.0471. The summed E-state index contributed by atoms with van der Waals surface area (Å²) < 4.78 is 7.14. The molecule has 7 nitrogen and oxygen atoms in total. The number of piperidine rings is 1. The average Bonchev–Trinajstić information content (AvgIpc) is 2.92. The van der Waals surface area contributed by atoms with E-state index in [4.69, 9.17) is 4.74 Å². The van der Waals surface area contributed by atoms with Crippen LogP contribution in [-0.2, 0) is 0 Å². The van der Waals surface area contributed by atoms with Crippen LogP contribution in [-0.4, -0.2) is 50.8 Å². The van der Waals surface area contributed by atoms with E-state index in [2.05, 4.69) is 15.1 Å². The highest BCUT2D eigenvalue weighted by molar-refractivity contribution is 5.96. The molecule has 0 bridgehead atoms. The van der Waals surface area contributed by atoms with Crippen LogP contribution in [0.2, 0.25) is 0 Å². The Bertz CT molecular complexity index is 712. The topological polar surface area (TPSA) is 73.1 Å². The lowest BCUT2D eigenvalue weighted by Gasteiger charge is -2.33. The number of hydrogen-bond acceptors (Lipinski definition) is 5. The van der Waals surface area contributed by atoms with E-state index in [0.717, 1.165) is 31.0 Å². The third-order valence-electron chi connectivity index (χ3n) is 4.13. The highest BCUT2D eigenvalue weighted by Gasteiger charge is 2.28. The Hall–Kier alpha value is -2.44. The second-order valence-corrected chi connectivity index (χ2v) is 5.76. The molecule has 1 atom stereocenters. The Balaban J connectivity index is 1.81. The van der Waals surface area contributed by atoms with E-state index in [1.54, 1.807) is 18.3 Å². The van der Waals surface area contributed by atoms with Gasteiger partial charge in [-0.2, -0.15) is 5.10 Å². The van der Waals surface area contributed by atoms with E-state index < -0.39 is 0 Å². The summed E-state index contributed by atoms with van der Waals surface area (Å²) in [4.78, 5) is 23.1. The fourth-order valence-corrected chi connectivity index (χ4v) is 3.11. The fourth-order valence-electron chi connectivity index (χ4n) is 3.11. The molecule has 2 aromatic rings. The standard InChI is InChI=1S/C16H21N5O2/c1-11-18-12(2)21(19-11)13-6-5-9-20(10-13)16(22)14-7-4-8-17-15(14)23-3/h4,7-8,13H,5-6,9-10H2,1-3H3/t13-/m1/s1. The average molecular weight is 315 g/mol. The van der Waals surface area contributed by atoms with Crippen LogP contribution in [0.1, 0.15) is 40.9 Å². The first kappa shape index (κ1) is 15.5. The van der Waals surface area contributed by atoms with Gasteiger partial charge < -0.3 is 9.64 Å². The van der Waals surface area contributed by atoms with Crippen LogP contribution in [0.15, 0.2) is 18.3 Å². The zero-order chi connectivity index (χ0) is 16.4. The zero-order valence-corrected chi connectivity index (χ0v) is 13.7. The van der Waals surface area contributed by atoms with Crippen LogP contribution in [0.4, 0.5) is 0 Å². The largest absolute Gasteiger partial charge is 0.480 e. The molecule has 3 rings (SSSR count). The second kappa shape index (κ2) is 6.36. The predicted molar refractivity (Wildman–Crippen MR) is 84.5 cm³/mol. The molecule has 1 aliphatic rings. The van der Waals surface area contributed by atoms with Crippen molar-refractivity contribution in [1.82, 2.24) is 24.6 Å². The smallest absolute Gasteiger partial charge is 0.259 e. The van der Waals surface area contributed by atoms with Gasteiger partial charge in [0.05, 0.1) is 13.2 Å². The van der Waals surface area contributed by atoms with Crippen molar-refractivity contribution in [2.24, 2.45) is 0 Å². The lowest BCUT2D eigenvalue weighted by molar-refractivity contribution is 0.0667. The van der Waals surface area contributed by atoms with E-state index in [-0.39, 0.29) is 11.9 Å². The number of pyridine rings is 1. The first-order valence-electron chi connectivity index (χ1n) is 7.78. The number of aryl methyl sites for hydroxylation is 2. The second-order valence-electron chi connectivity index (χ2n) is 5.76. The minimum Gasteiger partial charge on any atom is -0.480 e. The van der Waals surface area contributed by atoms with Gasteiger partial charge in [-0.25, -0.2) is 14.6 Å². The lowest BCUT2D eigenvalue weighted by Crippen LogP contribution is -2.41. The number of ether oxygens (including phenoxy) is 1. The Morgan fingerprint density at radius 1 is 1.39 bits per heavy atom. The number of carbonyl (C=O) groups is 1. The van der Waals surface area contributed by atoms with Crippen LogP contribution in [0, 0.1) is 13.8 Å². The molecule has 23 heavy (non-hydrogen) atoms. The molecular weight excluding hydrogens is 294 g/mol. The Kier molecular flexibility index (Phi) is 4.27. The van der Waals surface area contributed by atoms with Gasteiger partial charge in [-0.1, -0.05) is 0 Å². The van der Waals surface area contributed by atoms with Gasteiger partial charge in [0, 0.05) is 19.3 Å². The molecular formula is C16H21N5O2. The summed E-state index contributed by atoms with van der Waals surface area (Å²) in [6.45, 7) is 5.20. The maximum absolute atomic E-state index is 12.8. The minimum atomic E-state index is -0.0471. The maximum Gasteiger partial charge on any atom is 0.259 e. The zero-order valence-electron chi connectivity index (χ0n) is 13.7. The van der Waals surface area contributed by atoms with Crippen molar-refractivity contribution in [3.8, 4) is 5.88 Å². The number of rotatable bonds is 3. The number of likely N-dealkylation sites (tertiary alicyclic amines) is 1. The van der Waals surface area contributed by atoms with E-state index in [9.17, 15) is 4.79 Å². The van der Waals surface area contributed by atoms with E-state index in [0.29, 0.717) is 18.0 Å². The van der Waals surface area contributed by atoms with E-state index >= 15 is 0 Å². The van der Waals surface area contributed by atoms with Crippen LogP contribution in [0.3, 0.4) is 0 Å². The Morgan fingerprint density at radius 2 is 2.22 bits per heavy atom. The van der Waals surface area contributed by atoms with Crippen molar-refractivity contribution in [2.45, 2.75) is 32.7 Å². The molecule has 0 spiro atoms. The molecule has 1 aliphatic heterocycles. The summed E-state index contributed by atoms with van der Waals surface area (Å²) in [5.41, 5.74) is 0.502. The molecule has 0 N–H and O–H groups in total. The molecule has 2 aromatic heterocycles. The van der Waals surface area contributed by atoms with Crippen molar-refractivity contribution in [1.29, 1.82) is 0 Å². The quantitative estimate of drug-likeness (QED) is 0.863. The summed E-state index contributed by atoms with van der Waals surface area (Å²) in [6, 6.07) is 3.67. The van der Waals surface area contributed by atoms with Crippen LogP contribution < -0.4 is 4.74 Å². The van der Waals surface area contributed by atoms with Gasteiger partial charge in [-0.05, 0) is 38.8 Å². The van der Waals surface area contributed by atoms with Crippen molar-refractivity contribution < 1.29 is 9.53 Å². The van der Waals surface area contributed by atoms with Gasteiger partial charge in [-0.3, -0.25) is 4.79 Å². The first-order valence-corrected chi connectivity index (χ1v) is 7.78. The number of methoxy groups -OCH3 is 1. The third-order valence-corrected chi connectivity index (χ3v) is 4.13. The molecule has 0 radical (unpaired) electrons. The maximum atomic E-state index is 12.8. The number of amides is 1. The molecule has 0 unspecified atom stereocenters. The molecule has 1 saturated heterocycles. The van der Waals surface area contributed by atoms with Gasteiger partial charge in [0.1, 0.15) is 17.2 Å². The van der Waals surface area contributed by atoms with E-state index in [1.165, 1.54) is 7.11 Å². The van der Waals surface area contributed by atoms with Crippen molar-refractivity contribution in [2.75, 3.05) is 20.2 Å². The number of carbonyl (C=O) groups excluding carboxylic acids is 1. The Labute approximate surface area is 135 Å². The van der Waals surface area contributed by atoms with Gasteiger partial charge in [-0.15, -0.1) is 0 Å². The van der Waals surface area contributed by atoms with Gasteiger partial charge in [0.2, 0.25) is 5.88 Å². The van der Waals surface area contributed by atoms with Crippen molar-refractivity contribution in [3.05, 3.63) is 35.5 Å². The molecule has 0 aromatic carbocycles. The molecule has 1 fully saturated rings. The van der Waals surface area contributed by atoms with Crippen LogP contribution >= 0.6 is 0 Å². The summed E-state index contributed by atoms with van der Waals surface area (Å²) in [6.07, 6.45) is 3.56. The normalized spacial score (nSPS) is 18.0. The van der Waals surface area contributed by atoms with Gasteiger partial charge >= 0.3 is 0 Å². The lowest BCUT2D eigenvalue weighted by atomic mass is 10.0. The monoisotopic (exact) mass is 315 g/mol. The van der Waals surface area contributed by atoms with Gasteiger partial charge in [0.25, 0.3) is 5.91 Å². The van der Waals surface area contributed by atoms with Crippen LogP contribution in [0.5, 0.6) is 5.88 Å². The molecule has 0 saturated carbocycles. The molecule has 3 heterocycles. The van der Waals surface area contributed by atoms with E-state index in [1.807, 2.05) is 23.4 Å². The number of hydrogen-bond donors (Lipinski definition) is 0. The SMILES string of the molecule is COc1ncccc1C(=O)N1CCC[C@@H](n2nc(C)nc2C)C1. The summed E-state index contributed by atoms with van der Waals surface area (Å²) in [5, 5.41) is 4.46. The highest BCUT2D eigenvalue weighted by atomic mass is 16.5. The number of nitrogens with zero attached hydrogens (tertiary/aromatic N) is 5. The van der Waals surface area contributed by atoms with Gasteiger partial charge in [0.15, 0.2) is 0 Å². The summed E-state index contributed by atoms with van der Waals surface area (Å²) >= 11 is 0. The van der Waals surface area contributed by atoms with Crippen molar-refractivity contribution >= 4 is 5.91 Å². The third kappa shape index (κ3) is 3.04. The predicted octanol–water partition coefficient (Wildman–Crippen LogP) is 1.78. The fraction of sp³-hybridized carbons (Fsp3) is 0.500. The molecule has 0 aliphatic carbocycles. The van der Waals surface area contributed by atoms with Crippen LogP contribution in [0.25, 0.3) is 0 Å².